The predicted octanol–water partition coefficient (Wildman–Crippen LogP) is 5.97. The molecule has 152 valence electrons. The molecule has 0 aromatic carbocycles. The number of hydrogen-bond acceptors (Lipinski definition) is 4. The van der Waals surface area contributed by atoms with Gasteiger partial charge in [-0.3, -0.25) is 9.59 Å². The average Bonchev–Trinajstić information content (AvgIpc) is 2.51. The quantitative estimate of drug-likeness (QED) is 0.197. The van der Waals surface area contributed by atoms with Crippen LogP contribution < -0.4 is 12.3 Å². The molecule has 0 saturated heterocycles. The van der Waals surface area contributed by atoms with E-state index in [0.717, 1.165) is 38.5 Å². The summed E-state index contributed by atoms with van der Waals surface area (Å²) in [6.45, 7) is 4.31. The van der Waals surface area contributed by atoms with Crippen LogP contribution in [0.2, 0.25) is 0 Å². The largest absolute Gasteiger partial charge is 0.480 e. The van der Waals surface area contributed by atoms with Crippen LogP contribution in [-0.2, 0) is 9.59 Å². The van der Waals surface area contributed by atoms with Gasteiger partial charge in [0.1, 0.15) is 0 Å². The van der Waals surface area contributed by atoms with Crippen molar-refractivity contribution in [1.82, 2.24) is 12.3 Å². The van der Waals surface area contributed by atoms with Crippen LogP contribution in [-0.4, -0.2) is 22.2 Å². The second-order valence-corrected chi connectivity index (χ2v) is 6.73. The Bertz CT molecular complexity index is 303. The first-order valence-electron chi connectivity index (χ1n) is 9.48. The number of carboxylic acids is 2. The molecule has 0 unspecified atom stereocenters. The average molecular weight is 363 g/mol. The van der Waals surface area contributed by atoms with E-state index in [2.05, 4.69) is 13.8 Å². The third kappa shape index (κ3) is 11.9. The van der Waals surface area contributed by atoms with E-state index in [4.69, 9.17) is 0 Å². The van der Waals surface area contributed by atoms with Crippen molar-refractivity contribution in [2.75, 3.05) is 0 Å². The first-order valence-corrected chi connectivity index (χ1v) is 9.48. The van der Waals surface area contributed by atoms with Crippen molar-refractivity contribution in [1.29, 1.82) is 0 Å². The van der Waals surface area contributed by atoms with E-state index in [-0.39, 0.29) is 25.1 Å². The summed E-state index contributed by atoms with van der Waals surface area (Å²) in [5.74, 6) is -2.32. The van der Waals surface area contributed by atoms with Gasteiger partial charge in [0.15, 0.2) is 5.41 Å². The van der Waals surface area contributed by atoms with Gasteiger partial charge in [0.05, 0.1) is 0 Å². The molecule has 0 aliphatic rings. The number of carboxylic acid groups (broad SMARTS) is 2. The molecule has 6 nitrogen and oxygen atoms in total. The number of unbranched alkanes of at least 4 members (excludes halogenated alkanes) is 10. The van der Waals surface area contributed by atoms with E-state index in [1.807, 2.05) is 0 Å². The fourth-order valence-corrected chi connectivity index (χ4v) is 3.06. The molecule has 0 aromatic rings. The fourth-order valence-electron chi connectivity index (χ4n) is 3.06. The van der Waals surface area contributed by atoms with Crippen LogP contribution in [0, 0.1) is 5.41 Å². The first kappa shape index (κ1) is 28.7. The minimum Gasteiger partial charge on any atom is -0.480 e. The normalized spacial score (nSPS) is 10.6. The lowest BCUT2D eigenvalue weighted by atomic mass is 9.78. The summed E-state index contributed by atoms with van der Waals surface area (Å²) in [7, 11) is 0. The van der Waals surface area contributed by atoms with Crippen LogP contribution in [0.3, 0.4) is 0 Å². The summed E-state index contributed by atoms with van der Waals surface area (Å²) in [5, 5.41) is 19.0. The molecule has 6 heteroatoms. The van der Waals surface area contributed by atoms with Crippen LogP contribution in [0.1, 0.15) is 104 Å². The van der Waals surface area contributed by atoms with Gasteiger partial charge in [0.2, 0.25) is 0 Å². The smallest absolute Gasteiger partial charge is 0.321 e. The Labute approximate surface area is 153 Å². The molecular formula is C19H42N2O4. The molecule has 25 heavy (non-hydrogen) atoms. The zero-order chi connectivity index (χ0) is 17.6. The van der Waals surface area contributed by atoms with Crippen LogP contribution in [0.5, 0.6) is 0 Å². The molecule has 8 N–H and O–H groups in total. The van der Waals surface area contributed by atoms with Crippen molar-refractivity contribution in [2.24, 2.45) is 5.41 Å². The molecule has 0 aromatic heterocycles. The molecule has 0 bridgehead atoms. The number of aliphatic carboxylic acids is 2. The lowest BCUT2D eigenvalue weighted by Crippen LogP contribution is -2.39. The summed E-state index contributed by atoms with van der Waals surface area (Å²) >= 11 is 0. The van der Waals surface area contributed by atoms with Crippen LogP contribution in [0.25, 0.3) is 0 Å². The highest BCUT2D eigenvalue weighted by Gasteiger charge is 2.45. The van der Waals surface area contributed by atoms with Crippen molar-refractivity contribution in [3.8, 4) is 0 Å². The number of rotatable bonds is 16. The van der Waals surface area contributed by atoms with E-state index in [1.54, 1.807) is 0 Å². The van der Waals surface area contributed by atoms with Crippen LogP contribution >= 0.6 is 0 Å². The highest BCUT2D eigenvalue weighted by atomic mass is 16.4. The Morgan fingerprint density at radius 2 is 0.880 bits per heavy atom. The van der Waals surface area contributed by atoms with Gasteiger partial charge in [-0.15, -0.1) is 0 Å². The number of carbonyl (C=O) groups is 2. The molecule has 0 radical (unpaired) electrons. The molecule has 0 saturated carbocycles. The highest BCUT2D eigenvalue weighted by Crippen LogP contribution is 2.33. The van der Waals surface area contributed by atoms with Gasteiger partial charge >= 0.3 is 11.9 Å². The third-order valence-electron chi connectivity index (χ3n) is 4.73. The lowest BCUT2D eigenvalue weighted by Gasteiger charge is -2.25. The van der Waals surface area contributed by atoms with Gasteiger partial charge in [-0.05, 0) is 12.8 Å². The van der Waals surface area contributed by atoms with Crippen molar-refractivity contribution >= 4 is 11.9 Å². The predicted molar refractivity (Wildman–Crippen MR) is 104 cm³/mol. The van der Waals surface area contributed by atoms with Gasteiger partial charge in [0, 0.05) is 0 Å². The summed E-state index contributed by atoms with van der Waals surface area (Å²) in [5.41, 5.74) is -1.57. The molecule has 0 aliphatic carbocycles. The van der Waals surface area contributed by atoms with Crippen LogP contribution in [0.15, 0.2) is 0 Å². The van der Waals surface area contributed by atoms with E-state index < -0.39 is 17.4 Å². The standard InChI is InChI=1S/C19H36O4.2H3N/c1-3-5-7-9-11-13-15-19(17(20)21,18(22)23)16-14-12-10-8-6-4-2;;/h3-16H2,1-2H3,(H,20,21)(H,22,23);2*1H3. The second kappa shape index (κ2) is 17.7. The molecular weight excluding hydrogens is 320 g/mol. The Balaban J connectivity index is -0.00000242. The van der Waals surface area contributed by atoms with E-state index in [1.165, 1.54) is 25.7 Å². The zero-order valence-corrected chi connectivity index (χ0v) is 16.5. The minimum absolute atomic E-state index is 0. The maximum atomic E-state index is 11.6. The van der Waals surface area contributed by atoms with Gasteiger partial charge in [0.25, 0.3) is 0 Å². The molecule has 0 rings (SSSR count). The molecule has 0 amide bonds. The van der Waals surface area contributed by atoms with Crippen LogP contribution in [0.4, 0.5) is 0 Å². The molecule has 0 aliphatic heterocycles. The topological polar surface area (TPSA) is 145 Å². The van der Waals surface area contributed by atoms with Crippen molar-refractivity contribution in [3.05, 3.63) is 0 Å². The van der Waals surface area contributed by atoms with E-state index in [9.17, 15) is 19.8 Å². The van der Waals surface area contributed by atoms with Gasteiger partial charge in [-0.2, -0.15) is 0 Å². The molecule has 0 heterocycles. The van der Waals surface area contributed by atoms with Gasteiger partial charge in [-0.25, -0.2) is 0 Å². The minimum atomic E-state index is -1.57. The Morgan fingerprint density at radius 1 is 0.600 bits per heavy atom. The van der Waals surface area contributed by atoms with Crippen molar-refractivity contribution in [3.63, 3.8) is 0 Å². The fraction of sp³-hybridized carbons (Fsp3) is 0.895. The zero-order valence-electron chi connectivity index (χ0n) is 16.5. The first-order chi connectivity index (χ1) is 11.0. The summed E-state index contributed by atoms with van der Waals surface area (Å²) in [4.78, 5) is 23.2. The molecule has 0 spiro atoms. The SMILES string of the molecule is CCCCCCCCC(CCCCCCCC)(C(=O)O)C(=O)O.N.N. The van der Waals surface area contributed by atoms with Crippen molar-refractivity contribution < 1.29 is 19.8 Å². The summed E-state index contributed by atoms with van der Waals surface area (Å²) in [6, 6.07) is 0. The Kier molecular flexibility index (Phi) is 20.3. The van der Waals surface area contributed by atoms with Crippen molar-refractivity contribution in [2.45, 2.75) is 104 Å². The lowest BCUT2D eigenvalue weighted by molar-refractivity contribution is -0.166. The van der Waals surface area contributed by atoms with E-state index in [0.29, 0.717) is 12.8 Å². The maximum absolute atomic E-state index is 11.6. The van der Waals surface area contributed by atoms with E-state index >= 15 is 0 Å². The highest BCUT2D eigenvalue weighted by molar-refractivity contribution is 5.98. The summed E-state index contributed by atoms with van der Waals surface area (Å²) < 4.78 is 0. The summed E-state index contributed by atoms with van der Waals surface area (Å²) in [6.07, 6.45) is 13.0. The molecule has 0 fully saturated rings. The third-order valence-corrected chi connectivity index (χ3v) is 4.73. The monoisotopic (exact) mass is 362 g/mol. The second-order valence-electron chi connectivity index (χ2n) is 6.73. The Morgan fingerprint density at radius 3 is 1.16 bits per heavy atom. The van der Waals surface area contributed by atoms with Gasteiger partial charge in [-0.1, -0.05) is 90.9 Å². The maximum Gasteiger partial charge on any atom is 0.321 e. The number of hydrogen-bond donors (Lipinski definition) is 4. The van der Waals surface area contributed by atoms with Gasteiger partial charge < -0.3 is 22.5 Å². The Hall–Kier alpha value is -1.14. The molecule has 0 atom stereocenters.